The van der Waals surface area contributed by atoms with Gasteiger partial charge in [-0.15, -0.1) is 0 Å². The van der Waals surface area contributed by atoms with Gasteiger partial charge in [0.25, 0.3) is 0 Å². The van der Waals surface area contributed by atoms with Gasteiger partial charge in [0.05, 0.1) is 12.9 Å². The highest BCUT2D eigenvalue weighted by molar-refractivity contribution is 7.88. The fraction of sp³-hybridized carbons (Fsp3) is 0.455. The van der Waals surface area contributed by atoms with Gasteiger partial charge in [0.15, 0.2) is 0 Å². The quantitative estimate of drug-likeness (QED) is 0.550. The predicted molar refractivity (Wildman–Crippen MR) is 71.5 cm³/mol. The number of ether oxygens (including phenoxy) is 1. The minimum atomic E-state index is -3.22. The van der Waals surface area contributed by atoms with Crippen molar-refractivity contribution in [3.63, 3.8) is 0 Å². The number of carbonyl (C=O) groups is 1. The number of esters is 1. The van der Waals surface area contributed by atoms with E-state index in [1.165, 1.54) is 6.20 Å². The van der Waals surface area contributed by atoms with Crippen LogP contribution >= 0.6 is 0 Å². The third kappa shape index (κ3) is 5.66. The number of hydrogen-bond acceptors (Lipinski definition) is 6. The number of hydrogen-bond donors (Lipinski definition) is 2. The first-order valence-corrected chi connectivity index (χ1v) is 7.64. The molecular weight excluding hydrogens is 270 g/mol. The van der Waals surface area contributed by atoms with Gasteiger partial charge in [-0.2, -0.15) is 0 Å². The van der Waals surface area contributed by atoms with Crippen LogP contribution in [0, 0.1) is 0 Å². The summed E-state index contributed by atoms with van der Waals surface area (Å²) in [4.78, 5) is 15.7. The van der Waals surface area contributed by atoms with Crippen molar-refractivity contribution < 1.29 is 17.9 Å². The molecule has 0 saturated carbocycles. The lowest BCUT2D eigenvalue weighted by molar-refractivity contribution is 0.0527. The summed E-state index contributed by atoms with van der Waals surface area (Å²) in [5.74, 6) is -0.0922. The molecule has 0 atom stereocenters. The molecule has 106 valence electrons. The first kappa shape index (κ1) is 15.4. The molecular formula is C11H17N3O4S. The van der Waals surface area contributed by atoms with Gasteiger partial charge in [0.2, 0.25) is 10.0 Å². The Morgan fingerprint density at radius 1 is 1.42 bits per heavy atom. The molecule has 7 nitrogen and oxygen atoms in total. The van der Waals surface area contributed by atoms with Crippen molar-refractivity contribution >= 4 is 21.8 Å². The molecule has 0 radical (unpaired) electrons. The van der Waals surface area contributed by atoms with Gasteiger partial charge in [0.1, 0.15) is 11.4 Å². The van der Waals surface area contributed by atoms with Crippen molar-refractivity contribution in [3.05, 3.63) is 23.9 Å². The zero-order chi connectivity index (χ0) is 14.3. The SMILES string of the molecule is CCOC(=O)c1cccnc1NCCNS(C)(=O)=O. The summed E-state index contributed by atoms with van der Waals surface area (Å²) in [6.07, 6.45) is 2.62. The van der Waals surface area contributed by atoms with Gasteiger partial charge in [0, 0.05) is 19.3 Å². The molecule has 0 amide bonds. The summed E-state index contributed by atoms with van der Waals surface area (Å²) in [5.41, 5.74) is 0.323. The highest BCUT2D eigenvalue weighted by Crippen LogP contribution is 2.12. The minimum absolute atomic E-state index is 0.206. The number of rotatable bonds is 7. The fourth-order valence-corrected chi connectivity index (χ4v) is 1.81. The summed E-state index contributed by atoms with van der Waals surface area (Å²) in [6, 6.07) is 3.23. The number of anilines is 1. The van der Waals surface area contributed by atoms with Gasteiger partial charge >= 0.3 is 5.97 Å². The lowest BCUT2D eigenvalue weighted by atomic mass is 10.2. The Kier molecular flexibility index (Phi) is 5.71. The number of sulfonamides is 1. The highest BCUT2D eigenvalue weighted by atomic mass is 32.2. The smallest absolute Gasteiger partial charge is 0.341 e. The van der Waals surface area contributed by atoms with Gasteiger partial charge < -0.3 is 10.1 Å². The minimum Gasteiger partial charge on any atom is -0.462 e. The molecule has 0 unspecified atom stereocenters. The van der Waals surface area contributed by atoms with E-state index in [1.54, 1.807) is 19.1 Å². The van der Waals surface area contributed by atoms with E-state index in [0.717, 1.165) is 6.26 Å². The van der Waals surface area contributed by atoms with Crippen LogP contribution in [0.3, 0.4) is 0 Å². The Hall–Kier alpha value is -1.67. The Balaban J connectivity index is 2.61. The molecule has 0 spiro atoms. The van der Waals surface area contributed by atoms with Crippen LogP contribution in [-0.4, -0.2) is 45.3 Å². The Labute approximate surface area is 112 Å². The largest absolute Gasteiger partial charge is 0.462 e. The molecule has 8 heteroatoms. The standard InChI is InChI=1S/C11H17N3O4S/c1-3-18-11(15)9-5-4-6-12-10(9)13-7-8-14-19(2,16)17/h4-6,14H,3,7-8H2,1-2H3,(H,12,13). The van der Waals surface area contributed by atoms with Gasteiger partial charge in [-0.25, -0.2) is 22.9 Å². The second kappa shape index (κ2) is 7.05. The maximum atomic E-state index is 11.6. The van der Waals surface area contributed by atoms with Crippen LogP contribution < -0.4 is 10.0 Å². The average Bonchev–Trinajstić information content (AvgIpc) is 2.34. The van der Waals surface area contributed by atoms with Crippen LogP contribution in [0.5, 0.6) is 0 Å². The summed E-state index contributed by atoms with van der Waals surface area (Å²) >= 11 is 0. The van der Waals surface area contributed by atoms with Crippen LogP contribution in [0.1, 0.15) is 17.3 Å². The fourth-order valence-electron chi connectivity index (χ4n) is 1.34. The molecule has 0 aliphatic carbocycles. The van der Waals surface area contributed by atoms with E-state index in [9.17, 15) is 13.2 Å². The molecule has 1 aromatic rings. The molecule has 0 fully saturated rings. The zero-order valence-corrected chi connectivity index (χ0v) is 11.7. The maximum absolute atomic E-state index is 11.6. The van der Waals surface area contributed by atoms with Crippen molar-refractivity contribution in [2.24, 2.45) is 0 Å². The van der Waals surface area contributed by atoms with Crippen molar-refractivity contribution in [2.45, 2.75) is 6.92 Å². The summed E-state index contributed by atoms with van der Waals surface area (Å²) in [7, 11) is -3.22. The lowest BCUT2D eigenvalue weighted by Gasteiger charge is -2.10. The number of pyridine rings is 1. The van der Waals surface area contributed by atoms with E-state index in [0.29, 0.717) is 17.9 Å². The molecule has 1 rings (SSSR count). The molecule has 1 heterocycles. The van der Waals surface area contributed by atoms with Crippen LogP contribution in [0.25, 0.3) is 0 Å². The molecule has 1 aromatic heterocycles. The van der Waals surface area contributed by atoms with Crippen LogP contribution in [0.2, 0.25) is 0 Å². The van der Waals surface area contributed by atoms with E-state index in [-0.39, 0.29) is 13.2 Å². The van der Waals surface area contributed by atoms with Crippen LogP contribution in [0.4, 0.5) is 5.82 Å². The second-order valence-electron chi connectivity index (χ2n) is 3.71. The number of carbonyl (C=O) groups excluding carboxylic acids is 1. The van der Waals surface area contributed by atoms with E-state index in [1.807, 2.05) is 0 Å². The summed E-state index contributed by atoms with van der Waals surface area (Å²) < 4.78 is 29.0. The monoisotopic (exact) mass is 287 g/mol. The van der Waals surface area contributed by atoms with E-state index in [2.05, 4.69) is 15.0 Å². The number of nitrogens with zero attached hydrogens (tertiary/aromatic N) is 1. The van der Waals surface area contributed by atoms with E-state index < -0.39 is 16.0 Å². The Morgan fingerprint density at radius 3 is 2.79 bits per heavy atom. The van der Waals surface area contributed by atoms with Crippen LogP contribution in [0.15, 0.2) is 18.3 Å². The van der Waals surface area contributed by atoms with Crippen molar-refractivity contribution in [1.29, 1.82) is 0 Å². The van der Waals surface area contributed by atoms with Crippen LogP contribution in [-0.2, 0) is 14.8 Å². The summed E-state index contributed by atoms with van der Waals surface area (Å²) in [5, 5.41) is 2.89. The lowest BCUT2D eigenvalue weighted by Crippen LogP contribution is -2.28. The van der Waals surface area contributed by atoms with Crippen molar-refractivity contribution in [3.8, 4) is 0 Å². The van der Waals surface area contributed by atoms with Gasteiger partial charge in [-0.3, -0.25) is 0 Å². The second-order valence-corrected chi connectivity index (χ2v) is 5.55. The number of aromatic nitrogens is 1. The molecule has 0 aliphatic rings. The van der Waals surface area contributed by atoms with E-state index >= 15 is 0 Å². The average molecular weight is 287 g/mol. The molecule has 0 saturated heterocycles. The third-order valence-corrected chi connectivity index (χ3v) is 2.81. The first-order valence-electron chi connectivity index (χ1n) is 5.74. The first-order chi connectivity index (χ1) is 8.94. The van der Waals surface area contributed by atoms with Crippen molar-refractivity contribution in [1.82, 2.24) is 9.71 Å². The normalized spacial score (nSPS) is 11.1. The van der Waals surface area contributed by atoms with Crippen molar-refractivity contribution in [2.75, 3.05) is 31.3 Å². The zero-order valence-electron chi connectivity index (χ0n) is 10.8. The maximum Gasteiger partial charge on any atom is 0.341 e. The molecule has 19 heavy (non-hydrogen) atoms. The Morgan fingerprint density at radius 2 is 2.16 bits per heavy atom. The third-order valence-electron chi connectivity index (χ3n) is 2.08. The van der Waals surface area contributed by atoms with Gasteiger partial charge in [-0.1, -0.05) is 0 Å². The molecule has 0 bridgehead atoms. The van der Waals surface area contributed by atoms with E-state index in [4.69, 9.17) is 4.74 Å². The number of nitrogens with one attached hydrogen (secondary N) is 2. The summed E-state index contributed by atoms with van der Waals surface area (Å²) in [6.45, 7) is 2.52. The topological polar surface area (TPSA) is 97.4 Å². The Bertz CT molecular complexity index is 530. The van der Waals surface area contributed by atoms with Gasteiger partial charge in [-0.05, 0) is 19.1 Å². The molecule has 0 aromatic carbocycles. The molecule has 0 aliphatic heterocycles. The molecule has 2 N–H and O–H groups in total. The predicted octanol–water partition coefficient (Wildman–Crippen LogP) is 0.219. The highest BCUT2D eigenvalue weighted by Gasteiger charge is 2.12.